The van der Waals surface area contributed by atoms with Crippen LogP contribution in [-0.4, -0.2) is 51.6 Å². The van der Waals surface area contributed by atoms with Crippen molar-refractivity contribution in [2.75, 3.05) is 19.5 Å². The van der Waals surface area contributed by atoms with Gasteiger partial charge in [0.2, 0.25) is 0 Å². The third-order valence-corrected chi connectivity index (χ3v) is 4.97. The first kappa shape index (κ1) is 20.6. The van der Waals surface area contributed by atoms with E-state index in [9.17, 15) is 26.0 Å². The molecule has 0 saturated carbocycles. The Bertz CT molecular complexity index is 616. The third-order valence-electron chi connectivity index (χ3n) is 4.27. The van der Waals surface area contributed by atoms with Gasteiger partial charge in [-0.2, -0.15) is 26.0 Å². The molecule has 2 atom stereocenters. The Morgan fingerprint density at radius 2 is 1.72 bits per heavy atom. The Morgan fingerprint density at radius 3 is 2.16 bits per heavy atom. The van der Waals surface area contributed by atoms with Crippen LogP contribution in [-0.2, 0) is 23.8 Å². The average molecular weight is 390 g/mol. The molecule has 2 rings (SSSR count). The van der Waals surface area contributed by atoms with Gasteiger partial charge < -0.3 is 9.47 Å². The second-order valence-electron chi connectivity index (χ2n) is 6.86. The highest BCUT2D eigenvalue weighted by Crippen LogP contribution is 2.42. The van der Waals surface area contributed by atoms with E-state index in [1.165, 1.54) is 0 Å². The minimum absolute atomic E-state index is 0.0748. The summed E-state index contributed by atoms with van der Waals surface area (Å²) in [7, 11) is -3.76. The zero-order valence-corrected chi connectivity index (χ0v) is 15.0. The molecule has 0 radical (unpaired) electrons. The number of rotatable bonds is 4. The maximum atomic E-state index is 13.4. The quantitative estimate of drug-likeness (QED) is 0.419. The molecule has 0 N–H and O–H groups in total. The highest BCUT2D eigenvalue weighted by Gasteiger charge is 2.59. The lowest BCUT2D eigenvalue weighted by molar-refractivity contribution is -0.222. The number of ether oxygens (including phenoxy) is 2. The van der Waals surface area contributed by atoms with E-state index in [1.807, 2.05) is 6.92 Å². The van der Waals surface area contributed by atoms with Crippen LogP contribution in [0.4, 0.5) is 17.6 Å². The van der Waals surface area contributed by atoms with Crippen molar-refractivity contribution < 1.29 is 39.6 Å². The molecule has 0 bridgehead atoms. The summed E-state index contributed by atoms with van der Waals surface area (Å²) >= 11 is 0. The molecule has 0 aromatic heterocycles. The van der Waals surface area contributed by atoms with Crippen LogP contribution in [0.3, 0.4) is 0 Å². The standard InChI is InChI=1S/C15H22F4O5S/c1-4-10-5-11(7-13(2,6-10)24-25(3,20)21)12-22-8-14(16,17)15(18,19)9-23-12/h5,11-12H,4,6-9H2,1-3H3/t11-,13?/m0/s1. The van der Waals surface area contributed by atoms with E-state index in [0.29, 0.717) is 12.8 Å². The van der Waals surface area contributed by atoms with Gasteiger partial charge >= 0.3 is 11.8 Å². The van der Waals surface area contributed by atoms with Gasteiger partial charge in [-0.05, 0) is 26.2 Å². The highest BCUT2D eigenvalue weighted by molar-refractivity contribution is 7.86. The molecule has 1 aliphatic heterocycles. The molecular formula is C15H22F4O5S. The molecule has 10 heteroatoms. The van der Waals surface area contributed by atoms with Crippen molar-refractivity contribution in [2.24, 2.45) is 5.92 Å². The molecule has 1 unspecified atom stereocenters. The number of hydrogen-bond donors (Lipinski definition) is 0. The second kappa shape index (κ2) is 6.79. The molecule has 5 nitrogen and oxygen atoms in total. The number of hydrogen-bond acceptors (Lipinski definition) is 5. The summed E-state index contributed by atoms with van der Waals surface area (Å²) in [5.41, 5.74) is -0.306. The third kappa shape index (κ3) is 4.93. The Morgan fingerprint density at radius 1 is 1.20 bits per heavy atom. The predicted octanol–water partition coefficient (Wildman–Crippen LogP) is 3.11. The fourth-order valence-corrected chi connectivity index (χ4v) is 4.06. The van der Waals surface area contributed by atoms with Crippen LogP contribution in [0, 0.1) is 5.92 Å². The van der Waals surface area contributed by atoms with Crippen molar-refractivity contribution in [3.8, 4) is 0 Å². The topological polar surface area (TPSA) is 61.8 Å². The zero-order chi connectivity index (χ0) is 19.1. The first-order valence-corrected chi connectivity index (χ1v) is 9.68. The Balaban J connectivity index is 2.22. The van der Waals surface area contributed by atoms with Crippen LogP contribution in [0.1, 0.15) is 33.1 Å². The van der Waals surface area contributed by atoms with E-state index in [1.54, 1.807) is 13.0 Å². The van der Waals surface area contributed by atoms with Gasteiger partial charge in [0.05, 0.1) is 11.9 Å². The molecule has 1 fully saturated rings. The normalized spacial score (nSPS) is 33.6. The minimum atomic E-state index is -4.33. The van der Waals surface area contributed by atoms with Crippen LogP contribution in [0.15, 0.2) is 11.6 Å². The minimum Gasteiger partial charge on any atom is -0.346 e. The lowest BCUT2D eigenvalue weighted by Crippen LogP contribution is -2.45. The first-order chi connectivity index (χ1) is 11.3. The molecular weight excluding hydrogens is 368 g/mol. The molecule has 0 aromatic carbocycles. The Kier molecular flexibility index (Phi) is 5.59. The summed E-state index contributed by atoms with van der Waals surface area (Å²) in [6.07, 6.45) is 2.26. The van der Waals surface area contributed by atoms with Gasteiger partial charge in [-0.1, -0.05) is 18.6 Å². The lowest BCUT2D eigenvalue weighted by Gasteiger charge is -2.38. The molecule has 1 aliphatic carbocycles. The fourth-order valence-electron chi connectivity index (χ4n) is 3.20. The van der Waals surface area contributed by atoms with Gasteiger partial charge in [-0.3, -0.25) is 4.18 Å². The van der Waals surface area contributed by atoms with Crippen molar-refractivity contribution in [1.29, 1.82) is 0 Å². The van der Waals surface area contributed by atoms with Crippen molar-refractivity contribution in [3.63, 3.8) is 0 Å². The summed E-state index contributed by atoms with van der Waals surface area (Å²) < 4.78 is 91.7. The molecule has 1 heterocycles. The van der Waals surface area contributed by atoms with Crippen molar-refractivity contribution in [3.05, 3.63) is 11.6 Å². The van der Waals surface area contributed by atoms with Crippen LogP contribution >= 0.6 is 0 Å². The SMILES string of the molecule is CCC1=C[C@H](C2OCC(F)(F)C(F)(F)CO2)CC(C)(OS(C)(=O)=O)C1. The molecule has 2 aliphatic rings. The molecule has 146 valence electrons. The summed E-state index contributed by atoms with van der Waals surface area (Å²) in [6, 6.07) is 0. The Labute approximate surface area is 144 Å². The van der Waals surface area contributed by atoms with E-state index in [0.717, 1.165) is 11.8 Å². The van der Waals surface area contributed by atoms with Crippen LogP contribution in [0.5, 0.6) is 0 Å². The second-order valence-corrected chi connectivity index (χ2v) is 8.43. The number of alkyl halides is 4. The predicted molar refractivity (Wildman–Crippen MR) is 81.0 cm³/mol. The maximum Gasteiger partial charge on any atom is 0.335 e. The number of halogens is 4. The van der Waals surface area contributed by atoms with Gasteiger partial charge in [-0.25, -0.2) is 0 Å². The van der Waals surface area contributed by atoms with Crippen molar-refractivity contribution >= 4 is 10.1 Å². The molecule has 25 heavy (non-hydrogen) atoms. The summed E-state index contributed by atoms with van der Waals surface area (Å²) in [4.78, 5) is 0. The van der Waals surface area contributed by atoms with Crippen molar-refractivity contribution in [1.82, 2.24) is 0 Å². The van der Waals surface area contributed by atoms with Crippen LogP contribution < -0.4 is 0 Å². The fraction of sp³-hybridized carbons (Fsp3) is 0.867. The molecule has 0 aromatic rings. The largest absolute Gasteiger partial charge is 0.346 e. The van der Waals surface area contributed by atoms with E-state index in [-0.39, 0.29) is 6.42 Å². The summed E-state index contributed by atoms with van der Waals surface area (Å²) in [6.45, 7) is 0.468. The van der Waals surface area contributed by atoms with E-state index in [4.69, 9.17) is 13.7 Å². The lowest BCUT2D eigenvalue weighted by atomic mass is 9.79. The summed E-state index contributed by atoms with van der Waals surface area (Å²) in [5.74, 6) is -9.35. The average Bonchev–Trinajstić information content (AvgIpc) is 2.53. The first-order valence-electron chi connectivity index (χ1n) is 7.86. The maximum absolute atomic E-state index is 13.4. The zero-order valence-electron chi connectivity index (χ0n) is 14.2. The van der Waals surface area contributed by atoms with Crippen LogP contribution in [0.2, 0.25) is 0 Å². The van der Waals surface area contributed by atoms with Gasteiger partial charge in [0.15, 0.2) is 6.29 Å². The van der Waals surface area contributed by atoms with Gasteiger partial charge in [0, 0.05) is 5.92 Å². The van der Waals surface area contributed by atoms with E-state index in [2.05, 4.69) is 0 Å². The van der Waals surface area contributed by atoms with E-state index < -0.39 is 53.0 Å². The molecule has 1 saturated heterocycles. The highest BCUT2D eigenvalue weighted by atomic mass is 32.2. The van der Waals surface area contributed by atoms with Gasteiger partial charge in [-0.15, -0.1) is 0 Å². The molecule has 0 spiro atoms. The smallest absolute Gasteiger partial charge is 0.335 e. The van der Waals surface area contributed by atoms with Crippen molar-refractivity contribution in [2.45, 2.75) is 56.8 Å². The van der Waals surface area contributed by atoms with Crippen LogP contribution in [0.25, 0.3) is 0 Å². The monoisotopic (exact) mass is 390 g/mol. The molecule has 0 amide bonds. The van der Waals surface area contributed by atoms with E-state index >= 15 is 0 Å². The van der Waals surface area contributed by atoms with Gasteiger partial charge in [0.25, 0.3) is 10.1 Å². The Hall–Kier alpha value is -0.710. The summed E-state index contributed by atoms with van der Waals surface area (Å²) in [5, 5.41) is 0. The van der Waals surface area contributed by atoms with Gasteiger partial charge in [0.1, 0.15) is 13.2 Å².